The maximum absolute atomic E-state index is 10.6. The monoisotopic (exact) mass is 184 g/mol. The minimum Gasteiger partial charge on any atom is -0.477 e. The van der Waals surface area contributed by atoms with E-state index in [1.807, 2.05) is 6.92 Å². The van der Waals surface area contributed by atoms with E-state index < -0.39 is 5.97 Å². The Morgan fingerprint density at radius 3 is 3.17 bits per heavy atom. The van der Waals surface area contributed by atoms with Gasteiger partial charge >= 0.3 is 5.97 Å². The normalized spacial score (nSPS) is 32.1. The molecule has 0 saturated carbocycles. The summed E-state index contributed by atoms with van der Waals surface area (Å²) in [5, 5.41) is 12.8. The second-order valence-electron chi connectivity index (χ2n) is 2.78. The molecule has 2 N–H and O–H groups in total. The van der Waals surface area contributed by atoms with Gasteiger partial charge in [0.05, 0.1) is 4.91 Å². The standard InChI is InChI=1S/C7H8N2O2S/c1-3-4-2-5(7(10)11)12-6(4)9-8-3/h2,4,6,9H,1H3,(H,10,11)/t4-,6-/m1/s1. The number of carboxylic acids is 1. The maximum atomic E-state index is 10.6. The maximum Gasteiger partial charge on any atom is 0.341 e. The van der Waals surface area contributed by atoms with Crippen molar-refractivity contribution in [3.63, 3.8) is 0 Å². The Bertz CT molecular complexity index is 298. The van der Waals surface area contributed by atoms with Gasteiger partial charge in [-0.25, -0.2) is 4.79 Å². The molecule has 0 aromatic heterocycles. The second kappa shape index (κ2) is 2.52. The van der Waals surface area contributed by atoms with E-state index in [9.17, 15) is 4.79 Å². The second-order valence-corrected chi connectivity index (χ2v) is 3.97. The van der Waals surface area contributed by atoms with Crippen molar-refractivity contribution in [3.8, 4) is 0 Å². The quantitative estimate of drug-likeness (QED) is 0.627. The third kappa shape index (κ3) is 1.01. The summed E-state index contributed by atoms with van der Waals surface area (Å²) in [6, 6.07) is 0. The van der Waals surface area contributed by atoms with Gasteiger partial charge in [0.15, 0.2) is 0 Å². The van der Waals surface area contributed by atoms with Crippen molar-refractivity contribution in [2.75, 3.05) is 0 Å². The van der Waals surface area contributed by atoms with Gasteiger partial charge in [0.25, 0.3) is 0 Å². The number of hydrazone groups is 1. The first-order valence-corrected chi connectivity index (χ1v) is 4.48. The first kappa shape index (κ1) is 7.67. The molecule has 0 aromatic rings. The van der Waals surface area contributed by atoms with Crippen LogP contribution in [-0.2, 0) is 4.79 Å². The molecule has 2 atom stereocenters. The van der Waals surface area contributed by atoms with Gasteiger partial charge in [-0.3, -0.25) is 5.43 Å². The Balaban J connectivity index is 2.22. The van der Waals surface area contributed by atoms with Crippen molar-refractivity contribution >= 4 is 23.4 Å². The fourth-order valence-corrected chi connectivity index (χ4v) is 2.43. The lowest BCUT2D eigenvalue weighted by Crippen LogP contribution is -2.20. The van der Waals surface area contributed by atoms with Crippen LogP contribution in [-0.4, -0.2) is 22.2 Å². The number of rotatable bonds is 1. The van der Waals surface area contributed by atoms with Crippen LogP contribution in [0.1, 0.15) is 6.92 Å². The van der Waals surface area contributed by atoms with Gasteiger partial charge in [0.2, 0.25) is 0 Å². The Labute approximate surface area is 73.7 Å². The highest BCUT2D eigenvalue weighted by atomic mass is 32.2. The number of fused-ring (bicyclic) bond motifs is 1. The van der Waals surface area contributed by atoms with Gasteiger partial charge in [-0.15, -0.1) is 0 Å². The topological polar surface area (TPSA) is 61.7 Å². The van der Waals surface area contributed by atoms with Gasteiger partial charge in [0, 0.05) is 11.6 Å². The average Bonchev–Trinajstić information content (AvgIpc) is 2.53. The summed E-state index contributed by atoms with van der Waals surface area (Å²) >= 11 is 1.33. The third-order valence-electron chi connectivity index (χ3n) is 1.97. The molecular formula is C7H8N2O2S. The summed E-state index contributed by atoms with van der Waals surface area (Å²) in [7, 11) is 0. The molecule has 0 aromatic carbocycles. The summed E-state index contributed by atoms with van der Waals surface area (Å²) in [5.41, 5.74) is 3.85. The predicted molar refractivity (Wildman–Crippen MR) is 46.8 cm³/mol. The smallest absolute Gasteiger partial charge is 0.341 e. The SMILES string of the molecule is CC1=NN[C@@H]2SC(C(=O)O)=C[C@H]12. The molecule has 0 radical (unpaired) electrons. The lowest BCUT2D eigenvalue weighted by Gasteiger charge is -2.06. The Hall–Kier alpha value is -0.970. The highest BCUT2D eigenvalue weighted by Gasteiger charge is 2.36. The molecule has 0 saturated heterocycles. The number of carbonyl (C=O) groups is 1. The van der Waals surface area contributed by atoms with Gasteiger partial charge in [-0.1, -0.05) is 17.8 Å². The number of nitrogens with one attached hydrogen (secondary N) is 1. The molecule has 2 aliphatic rings. The number of hydrogen-bond donors (Lipinski definition) is 2. The molecule has 2 heterocycles. The summed E-state index contributed by atoms with van der Waals surface area (Å²) in [4.78, 5) is 11.0. The molecule has 0 fully saturated rings. The van der Waals surface area contributed by atoms with E-state index in [-0.39, 0.29) is 11.3 Å². The van der Waals surface area contributed by atoms with Crippen LogP contribution in [0.4, 0.5) is 0 Å². The Kier molecular flexibility index (Phi) is 1.61. The van der Waals surface area contributed by atoms with E-state index in [4.69, 9.17) is 5.11 Å². The van der Waals surface area contributed by atoms with Crippen LogP contribution in [0, 0.1) is 5.92 Å². The lowest BCUT2D eigenvalue weighted by molar-refractivity contribution is -0.131. The van der Waals surface area contributed by atoms with Gasteiger partial charge in [-0.2, -0.15) is 5.10 Å². The summed E-state index contributed by atoms with van der Waals surface area (Å²) in [6.45, 7) is 1.90. The Morgan fingerprint density at radius 2 is 2.58 bits per heavy atom. The molecule has 0 bridgehead atoms. The molecule has 2 rings (SSSR count). The molecular weight excluding hydrogens is 176 g/mol. The third-order valence-corrected chi connectivity index (χ3v) is 3.19. The van der Waals surface area contributed by atoms with Gasteiger partial charge in [-0.05, 0) is 6.92 Å². The van der Waals surface area contributed by atoms with E-state index in [2.05, 4.69) is 10.5 Å². The van der Waals surface area contributed by atoms with Gasteiger partial charge < -0.3 is 5.11 Å². The number of nitrogens with zero attached hydrogens (tertiary/aromatic N) is 1. The summed E-state index contributed by atoms with van der Waals surface area (Å²) in [5.74, 6) is -0.676. The minimum atomic E-state index is -0.844. The zero-order valence-corrected chi connectivity index (χ0v) is 7.26. The summed E-state index contributed by atoms with van der Waals surface area (Å²) in [6.07, 6.45) is 1.76. The fourth-order valence-electron chi connectivity index (χ4n) is 1.31. The number of hydrogen-bond acceptors (Lipinski definition) is 4. The first-order valence-electron chi connectivity index (χ1n) is 3.60. The van der Waals surface area contributed by atoms with Crippen molar-refractivity contribution in [1.82, 2.24) is 5.43 Å². The van der Waals surface area contributed by atoms with Crippen molar-refractivity contribution in [1.29, 1.82) is 0 Å². The summed E-state index contributed by atoms with van der Waals surface area (Å²) < 4.78 is 0. The van der Waals surface area contributed by atoms with E-state index in [0.29, 0.717) is 4.91 Å². The first-order chi connectivity index (χ1) is 5.68. The van der Waals surface area contributed by atoms with Crippen LogP contribution in [0.2, 0.25) is 0 Å². The largest absolute Gasteiger partial charge is 0.477 e. The van der Waals surface area contributed by atoms with Crippen LogP contribution in [0.3, 0.4) is 0 Å². The lowest BCUT2D eigenvalue weighted by atomic mass is 10.1. The van der Waals surface area contributed by atoms with E-state index in [0.717, 1.165) is 5.71 Å². The molecule has 0 unspecified atom stereocenters. The molecule has 2 aliphatic heterocycles. The number of carboxylic acid groups (broad SMARTS) is 1. The Morgan fingerprint density at radius 1 is 1.83 bits per heavy atom. The van der Waals surface area contributed by atoms with Gasteiger partial charge in [0.1, 0.15) is 5.37 Å². The highest BCUT2D eigenvalue weighted by Crippen LogP contribution is 2.38. The highest BCUT2D eigenvalue weighted by molar-refractivity contribution is 8.04. The molecule has 5 heteroatoms. The zero-order chi connectivity index (χ0) is 8.72. The van der Waals surface area contributed by atoms with Crippen LogP contribution in [0.15, 0.2) is 16.1 Å². The molecule has 4 nitrogen and oxygen atoms in total. The van der Waals surface area contributed by atoms with Crippen molar-refractivity contribution < 1.29 is 9.90 Å². The van der Waals surface area contributed by atoms with Crippen molar-refractivity contribution in [2.24, 2.45) is 11.0 Å². The minimum absolute atomic E-state index is 0.107. The molecule has 0 aliphatic carbocycles. The van der Waals surface area contributed by atoms with Crippen LogP contribution in [0.5, 0.6) is 0 Å². The van der Waals surface area contributed by atoms with E-state index >= 15 is 0 Å². The molecule has 64 valence electrons. The van der Waals surface area contributed by atoms with Crippen LogP contribution >= 0.6 is 11.8 Å². The number of thioether (sulfide) groups is 1. The molecule has 0 spiro atoms. The van der Waals surface area contributed by atoms with Crippen LogP contribution in [0.25, 0.3) is 0 Å². The van der Waals surface area contributed by atoms with Crippen molar-refractivity contribution in [3.05, 3.63) is 11.0 Å². The fraction of sp³-hybridized carbons (Fsp3) is 0.429. The van der Waals surface area contributed by atoms with E-state index in [1.165, 1.54) is 11.8 Å². The van der Waals surface area contributed by atoms with E-state index in [1.54, 1.807) is 6.08 Å². The molecule has 0 amide bonds. The van der Waals surface area contributed by atoms with Crippen molar-refractivity contribution in [2.45, 2.75) is 12.3 Å². The van der Waals surface area contributed by atoms with Crippen LogP contribution < -0.4 is 5.43 Å². The predicted octanol–water partition coefficient (Wildman–Crippen LogP) is 0.623. The average molecular weight is 184 g/mol. The number of aliphatic carboxylic acids is 1. The zero-order valence-electron chi connectivity index (χ0n) is 6.44. The molecule has 12 heavy (non-hydrogen) atoms.